The number of rotatable bonds is 6. The van der Waals surface area contributed by atoms with Crippen LogP contribution in [0.3, 0.4) is 0 Å². The van der Waals surface area contributed by atoms with Gasteiger partial charge >= 0.3 is 6.03 Å². The van der Waals surface area contributed by atoms with Gasteiger partial charge < -0.3 is 20.5 Å². The minimum absolute atomic E-state index is 0.0789. The Kier molecular flexibility index (Phi) is 6.73. The van der Waals surface area contributed by atoms with Crippen molar-refractivity contribution in [1.29, 1.82) is 0 Å². The first-order chi connectivity index (χ1) is 15.8. The molecule has 3 amide bonds. The largest absolute Gasteiger partial charge is 0.497 e. The fraction of sp³-hybridized carbons (Fsp3) is 0.227. The minimum Gasteiger partial charge on any atom is -0.497 e. The Labute approximate surface area is 200 Å². The molecule has 0 fully saturated rings. The predicted molar refractivity (Wildman–Crippen MR) is 125 cm³/mol. The number of ether oxygens (including phenoxy) is 1. The number of anilines is 1. The molecule has 1 atom stereocenters. The molecule has 2 aromatic rings. The molecular formula is C22H21Cl2N5O4. The minimum atomic E-state index is -1.48. The third kappa shape index (κ3) is 5.22. The molecule has 2 aliphatic rings. The number of carbonyl (C=O) groups excluding carboxylic acids is 2. The van der Waals surface area contributed by atoms with Crippen LogP contribution in [0, 0.1) is 0 Å². The Hall–Kier alpha value is -3.27. The zero-order chi connectivity index (χ0) is 23.5. The second-order valence-electron chi connectivity index (χ2n) is 7.37. The summed E-state index contributed by atoms with van der Waals surface area (Å²) in [5.41, 5.74) is 1.68. The second kappa shape index (κ2) is 9.70. The normalized spacial score (nSPS) is 18.1. The number of carbonyl (C=O) groups is 2. The highest BCUT2D eigenvalue weighted by atomic mass is 35.5. The van der Waals surface area contributed by atoms with Gasteiger partial charge in [0.1, 0.15) is 5.75 Å². The first kappa shape index (κ1) is 22.9. The smallest absolute Gasteiger partial charge is 0.330 e. The summed E-state index contributed by atoms with van der Waals surface area (Å²) >= 11 is 12.3. The molecule has 0 saturated heterocycles. The van der Waals surface area contributed by atoms with Gasteiger partial charge in [0.25, 0.3) is 0 Å². The van der Waals surface area contributed by atoms with E-state index in [1.54, 1.807) is 55.7 Å². The predicted octanol–water partition coefficient (Wildman–Crippen LogP) is 3.04. The molecule has 2 aliphatic heterocycles. The Morgan fingerprint density at radius 2 is 1.85 bits per heavy atom. The molecule has 2 aromatic carbocycles. The van der Waals surface area contributed by atoms with Crippen molar-refractivity contribution in [3.63, 3.8) is 0 Å². The maximum absolute atomic E-state index is 13.4. The molecule has 3 N–H and O–H groups in total. The van der Waals surface area contributed by atoms with Crippen molar-refractivity contribution in [3.8, 4) is 5.75 Å². The molecule has 0 saturated carbocycles. The Bertz CT molecular complexity index is 1120. The quantitative estimate of drug-likeness (QED) is 0.577. The van der Waals surface area contributed by atoms with Gasteiger partial charge in [-0.15, -0.1) is 0 Å². The van der Waals surface area contributed by atoms with Crippen LogP contribution < -0.4 is 15.4 Å². The van der Waals surface area contributed by atoms with Crippen molar-refractivity contribution < 1.29 is 19.4 Å². The van der Waals surface area contributed by atoms with Crippen molar-refractivity contribution >= 4 is 46.8 Å². The molecule has 0 aromatic heterocycles. The van der Waals surface area contributed by atoms with Crippen LogP contribution in [0.5, 0.6) is 5.75 Å². The van der Waals surface area contributed by atoms with Crippen molar-refractivity contribution in [2.75, 3.05) is 25.5 Å². The molecule has 0 radical (unpaired) electrons. The van der Waals surface area contributed by atoms with Crippen LogP contribution in [-0.2, 0) is 11.3 Å². The van der Waals surface area contributed by atoms with Gasteiger partial charge in [0, 0.05) is 27.9 Å². The van der Waals surface area contributed by atoms with Crippen molar-refractivity contribution in [2.24, 2.45) is 4.99 Å². The fourth-order valence-electron chi connectivity index (χ4n) is 3.47. The van der Waals surface area contributed by atoms with Crippen LogP contribution in [-0.4, -0.2) is 59.4 Å². The van der Waals surface area contributed by atoms with Crippen LogP contribution in [0.1, 0.15) is 5.56 Å². The van der Waals surface area contributed by atoms with Gasteiger partial charge in [-0.2, -0.15) is 4.99 Å². The molecule has 2 heterocycles. The Morgan fingerprint density at radius 1 is 1.15 bits per heavy atom. The highest BCUT2D eigenvalue weighted by Crippen LogP contribution is 2.24. The monoisotopic (exact) mass is 489 g/mol. The number of urea groups is 1. The molecule has 4 rings (SSSR count). The average Bonchev–Trinajstić information content (AvgIpc) is 3.18. The standard InChI is InChI=1S/C22H21Cl2N5O4/c1-33-18-4-2-17(3-5-18)26-20-27-21(31)29(12-14-6-7-25-19(14)30)22(32)28(20)11-13-8-15(23)10-16(24)9-13/h2-6,8-10,21,31H,7,11-12H2,1H3,(H,25,30)(H,26,27). The van der Waals surface area contributed by atoms with E-state index in [1.165, 1.54) is 4.90 Å². The number of aliphatic imine (C=N–C) groups is 1. The molecule has 33 heavy (non-hydrogen) atoms. The molecule has 11 heteroatoms. The van der Waals surface area contributed by atoms with Gasteiger partial charge in [-0.3, -0.25) is 14.6 Å². The Balaban J connectivity index is 1.65. The summed E-state index contributed by atoms with van der Waals surface area (Å²) in [6.07, 6.45) is 0.199. The number of benzene rings is 2. The summed E-state index contributed by atoms with van der Waals surface area (Å²) in [7, 11) is 1.56. The second-order valence-corrected chi connectivity index (χ2v) is 8.24. The van der Waals surface area contributed by atoms with Crippen LogP contribution in [0.2, 0.25) is 10.0 Å². The average molecular weight is 490 g/mol. The van der Waals surface area contributed by atoms with E-state index in [4.69, 9.17) is 27.9 Å². The van der Waals surface area contributed by atoms with Gasteiger partial charge in [-0.25, -0.2) is 4.79 Å². The summed E-state index contributed by atoms with van der Waals surface area (Å²) in [6.45, 7) is 0.373. The summed E-state index contributed by atoms with van der Waals surface area (Å²) in [5.74, 6) is 0.520. The van der Waals surface area contributed by atoms with E-state index in [0.717, 1.165) is 4.90 Å². The Morgan fingerprint density at radius 3 is 2.45 bits per heavy atom. The van der Waals surface area contributed by atoms with Gasteiger partial charge in [0.2, 0.25) is 18.2 Å². The molecule has 0 bridgehead atoms. The molecule has 0 spiro atoms. The number of methoxy groups -OCH3 is 1. The van der Waals surface area contributed by atoms with E-state index in [2.05, 4.69) is 15.6 Å². The molecule has 172 valence electrons. The number of amides is 3. The lowest BCUT2D eigenvalue weighted by Crippen LogP contribution is -2.56. The number of nitrogens with one attached hydrogen (secondary N) is 2. The number of aliphatic hydroxyl groups is 1. The number of hydrogen-bond donors (Lipinski definition) is 3. The van der Waals surface area contributed by atoms with Crippen molar-refractivity contribution in [2.45, 2.75) is 12.9 Å². The molecule has 9 nitrogen and oxygen atoms in total. The first-order valence-electron chi connectivity index (χ1n) is 10.0. The third-order valence-electron chi connectivity index (χ3n) is 5.10. The maximum atomic E-state index is 13.4. The van der Waals surface area contributed by atoms with E-state index in [1.807, 2.05) is 0 Å². The zero-order valence-electron chi connectivity index (χ0n) is 17.6. The van der Waals surface area contributed by atoms with Gasteiger partial charge in [-0.1, -0.05) is 29.3 Å². The fourth-order valence-corrected chi connectivity index (χ4v) is 4.04. The number of nitrogens with zero attached hydrogens (tertiary/aromatic N) is 3. The van der Waals surface area contributed by atoms with E-state index in [0.29, 0.717) is 39.2 Å². The zero-order valence-corrected chi connectivity index (χ0v) is 19.1. The highest BCUT2D eigenvalue weighted by molar-refractivity contribution is 6.34. The van der Waals surface area contributed by atoms with Crippen molar-refractivity contribution in [3.05, 3.63) is 69.7 Å². The lowest BCUT2D eigenvalue weighted by molar-refractivity contribution is -0.117. The lowest BCUT2D eigenvalue weighted by atomic mass is 10.2. The van der Waals surface area contributed by atoms with Gasteiger partial charge in [0.05, 0.1) is 20.2 Å². The number of halogens is 2. The SMILES string of the molecule is COc1ccc(NC2=NC(O)N(CC3=CCNC3=O)C(=O)N2Cc2cc(Cl)cc(Cl)c2)cc1. The van der Waals surface area contributed by atoms with Crippen LogP contribution in [0.4, 0.5) is 10.5 Å². The molecule has 0 aliphatic carbocycles. The lowest BCUT2D eigenvalue weighted by Gasteiger charge is -2.37. The van der Waals surface area contributed by atoms with Gasteiger partial charge in [0.15, 0.2) is 0 Å². The van der Waals surface area contributed by atoms with Crippen LogP contribution >= 0.6 is 23.2 Å². The third-order valence-corrected chi connectivity index (χ3v) is 5.54. The topological polar surface area (TPSA) is 106 Å². The number of guanidine groups is 1. The van der Waals surface area contributed by atoms with E-state index in [9.17, 15) is 14.7 Å². The van der Waals surface area contributed by atoms with Crippen LogP contribution in [0.15, 0.2) is 59.1 Å². The van der Waals surface area contributed by atoms with E-state index in [-0.39, 0.29) is 25.0 Å². The highest BCUT2D eigenvalue weighted by Gasteiger charge is 2.36. The van der Waals surface area contributed by atoms with E-state index >= 15 is 0 Å². The summed E-state index contributed by atoms with van der Waals surface area (Å²) in [4.78, 5) is 32.1. The summed E-state index contributed by atoms with van der Waals surface area (Å²) < 4.78 is 5.17. The molecular weight excluding hydrogens is 469 g/mol. The first-order valence-corrected chi connectivity index (χ1v) is 10.8. The number of hydrogen-bond acceptors (Lipinski definition) is 6. The maximum Gasteiger partial charge on any atom is 0.330 e. The molecule has 1 unspecified atom stereocenters. The summed E-state index contributed by atoms with van der Waals surface area (Å²) in [5, 5.41) is 17.2. The summed E-state index contributed by atoms with van der Waals surface area (Å²) in [6, 6.07) is 11.5. The van der Waals surface area contributed by atoms with Crippen LogP contribution in [0.25, 0.3) is 0 Å². The van der Waals surface area contributed by atoms with E-state index < -0.39 is 12.4 Å². The van der Waals surface area contributed by atoms with Crippen molar-refractivity contribution in [1.82, 2.24) is 15.1 Å². The number of aliphatic hydroxyl groups excluding tert-OH is 1. The van der Waals surface area contributed by atoms with Gasteiger partial charge in [-0.05, 0) is 48.0 Å².